The smallest absolute Gasteiger partial charge is 0.166 e. The second-order valence-corrected chi connectivity index (χ2v) is 8.92. The summed E-state index contributed by atoms with van der Waals surface area (Å²) in [4.78, 5) is 28.4. The van der Waals surface area contributed by atoms with Gasteiger partial charge in [0.25, 0.3) is 0 Å². The van der Waals surface area contributed by atoms with Crippen LogP contribution in [-0.2, 0) is 14.3 Å². The van der Waals surface area contributed by atoms with E-state index in [1.54, 1.807) is 7.11 Å². The van der Waals surface area contributed by atoms with E-state index in [1.165, 1.54) is 0 Å². The second-order valence-electron chi connectivity index (χ2n) is 8.92. The number of hydrogen-bond donors (Lipinski definition) is 1. The van der Waals surface area contributed by atoms with Crippen LogP contribution in [0.25, 0.3) is 10.9 Å². The summed E-state index contributed by atoms with van der Waals surface area (Å²) in [6.45, 7) is 8.44. The van der Waals surface area contributed by atoms with Gasteiger partial charge >= 0.3 is 0 Å². The van der Waals surface area contributed by atoms with Crippen LogP contribution >= 0.6 is 0 Å². The first-order chi connectivity index (χ1) is 15.9. The molecule has 0 saturated carbocycles. The van der Waals surface area contributed by atoms with Gasteiger partial charge in [-0.2, -0.15) is 5.10 Å². The Morgan fingerprint density at radius 1 is 1.30 bits per heavy atom. The minimum Gasteiger partial charge on any atom is -0.496 e. The lowest BCUT2D eigenvalue weighted by atomic mass is 9.90. The van der Waals surface area contributed by atoms with Crippen LogP contribution in [0.4, 0.5) is 5.69 Å². The van der Waals surface area contributed by atoms with Gasteiger partial charge in [0.05, 0.1) is 24.5 Å². The Bertz CT molecular complexity index is 1120. The predicted octanol–water partition coefficient (Wildman–Crippen LogP) is 4.66. The number of aromatic amines is 1. The number of aromatic nitrogens is 2. The van der Waals surface area contributed by atoms with E-state index in [9.17, 15) is 9.59 Å². The Morgan fingerprint density at radius 3 is 2.76 bits per heavy atom. The Hall–Kier alpha value is -2.93. The molecule has 1 aromatic carbocycles. The monoisotopic (exact) mass is 451 g/mol. The van der Waals surface area contributed by atoms with Crippen LogP contribution in [-0.4, -0.2) is 54.7 Å². The van der Waals surface area contributed by atoms with Crippen molar-refractivity contribution in [2.45, 2.75) is 58.9 Å². The number of anilines is 1. The molecule has 4 rings (SSSR count). The van der Waals surface area contributed by atoms with Crippen molar-refractivity contribution in [2.75, 3.05) is 31.8 Å². The fourth-order valence-electron chi connectivity index (χ4n) is 5.11. The van der Waals surface area contributed by atoms with Crippen LogP contribution in [0.15, 0.2) is 35.2 Å². The molecule has 7 nitrogen and oxygen atoms in total. The maximum absolute atomic E-state index is 13.4. The normalized spacial score (nSPS) is 17.5. The summed E-state index contributed by atoms with van der Waals surface area (Å²) in [6, 6.07) is 2.27. The zero-order valence-electron chi connectivity index (χ0n) is 20.0. The lowest BCUT2D eigenvalue weighted by molar-refractivity contribution is -0.115. The van der Waals surface area contributed by atoms with Gasteiger partial charge in [0.1, 0.15) is 5.76 Å². The number of methoxy groups -OCH3 is 1. The van der Waals surface area contributed by atoms with Gasteiger partial charge in [-0.1, -0.05) is 5.57 Å². The summed E-state index contributed by atoms with van der Waals surface area (Å²) >= 11 is 0. The fourth-order valence-corrected chi connectivity index (χ4v) is 5.11. The van der Waals surface area contributed by atoms with Crippen molar-refractivity contribution >= 4 is 28.2 Å². The third-order valence-electron chi connectivity index (χ3n) is 6.80. The van der Waals surface area contributed by atoms with Crippen molar-refractivity contribution < 1.29 is 19.1 Å². The third kappa shape index (κ3) is 4.60. The number of benzene rings is 1. The number of ether oxygens (including phenoxy) is 2. The Morgan fingerprint density at radius 2 is 2.06 bits per heavy atom. The predicted molar refractivity (Wildman–Crippen MR) is 129 cm³/mol. The molecule has 0 unspecified atom stereocenters. The summed E-state index contributed by atoms with van der Waals surface area (Å²) in [5.74, 6) is 0.641. The van der Waals surface area contributed by atoms with Gasteiger partial charge in [-0.05, 0) is 57.7 Å². The molecule has 2 aliphatic rings. The molecule has 7 heteroatoms. The number of rotatable bonds is 8. The van der Waals surface area contributed by atoms with Gasteiger partial charge in [-0.15, -0.1) is 0 Å². The molecule has 2 heterocycles. The van der Waals surface area contributed by atoms with E-state index in [2.05, 4.69) is 22.0 Å². The Kier molecular flexibility index (Phi) is 6.98. The number of ketones is 2. The quantitative estimate of drug-likeness (QED) is 0.588. The average molecular weight is 452 g/mol. The van der Waals surface area contributed by atoms with Crippen molar-refractivity contribution in [3.05, 3.63) is 46.4 Å². The van der Waals surface area contributed by atoms with Crippen molar-refractivity contribution in [1.82, 2.24) is 10.2 Å². The number of nitrogens with zero attached hydrogens (tertiary/aromatic N) is 2. The number of nitrogens with one attached hydrogen (secondary N) is 1. The van der Waals surface area contributed by atoms with E-state index in [0.717, 1.165) is 60.3 Å². The number of carbonyl (C=O) groups excluding carboxylic acids is 2. The first kappa shape index (κ1) is 23.2. The molecule has 2 aromatic rings. The van der Waals surface area contributed by atoms with Crippen molar-refractivity contribution in [2.24, 2.45) is 0 Å². The van der Waals surface area contributed by atoms with E-state index in [4.69, 9.17) is 9.47 Å². The zero-order chi connectivity index (χ0) is 23.5. The SMILES string of the molecule is CCN(c1c(C)c(C(=O)CCC2=C(OC)C=C(C)CC2=O)cc2[nH]ncc12)C1CCOCC1. The lowest BCUT2D eigenvalue weighted by Gasteiger charge is -2.37. The number of fused-ring (bicyclic) bond motifs is 1. The number of carbonyl (C=O) groups is 2. The highest BCUT2D eigenvalue weighted by atomic mass is 16.5. The summed E-state index contributed by atoms with van der Waals surface area (Å²) < 4.78 is 11.0. The van der Waals surface area contributed by atoms with Crippen molar-refractivity contribution in [1.29, 1.82) is 0 Å². The van der Waals surface area contributed by atoms with E-state index in [-0.39, 0.29) is 18.0 Å². The molecule has 0 bridgehead atoms. The molecule has 0 amide bonds. The van der Waals surface area contributed by atoms with Crippen LogP contribution < -0.4 is 4.90 Å². The van der Waals surface area contributed by atoms with Crippen molar-refractivity contribution in [3.63, 3.8) is 0 Å². The highest BCUT2D eigenvalue weighted by molar-refractivity contribution is 6.06. The lowest BCUT2D eigenvalue weighted by Crippen LogP contribution is -2.40. The summed E-state index contributed by atoms with van der Waals surface area (Å²) in [7, 11) is 1.57. The number of hydrogen-bond acceptors (Lipinski definition) is 6. The molecule has 1 aliphatic heterocycles. The van der Waals surface area contributed by atoms with E-state index in [0.29, 0.717) is 35.8 Å². The van der Waals surface area contributed by atoms with Crippen LogP contribution in [0.5, 0.6) is 0 Å². The Balaban J connectivity index is 1.66. The summed E-state index contributed by atoms with van der Waals surface area (Å²) in [5, 5.41) is 8.35. The second kappa shape index (κ2) is 9.91. The first-order valence-corrected chi connectivity index (χ1v) is 11.8. The van der Waals surface area contributed by atoms with Gasteiger partial charge in [0.2, 0.25) is 0 Å². The zero-order valence-corrected chi connectivity index (χ0v) is 20.0. The van der Waals surface area contributed by atoms with E-state index in [1.807, 2.05) is 32.2 Å². The molecule has 1 N–H and O–H groups in total. The largest absolute Gasteiger partial charge is 0.496 e. The molecular formula is C26H33N3O4. The first-order valence-electron chi connectivity index (χ1n) is 11.8. The molecular weight excluding hydrogens is 418 g/mol. The highest BCUT2D eigenvalue weighted by Gasteiger charge is 2.27. The van der Waals surface area contributed by atoms with Gasteiger partial charge < -0.3 is 14.4 Å². The maximum atomic E-state index is 13.4. The van der Waals surface area contributed by atoms with Crippen LogP contribution in [0.1, 0.15) is 61.9 Å². The molecule has 1 fully saturated rings. The highest BCUT2D eigenvalue weighted by Crippen LogP contribution is 2.36. The van der Waals surface area contributed by atoms with Gasteiger partial charge in [0.15, 0.2) is 11.6 Å². The summed E-state index contributed by atoms with van der Waals surface area (Å²) in [5.41, 5.74) is 5.16. The topological polar surface area (TPSA) is 84.5 Å². The minimum absolute atomic E-state index is 0.0234. The van der Waals surface area contributed by atoms with Crippen molar-refractivity contribution in [3.8, 4) is 0 Å². The number of Topliss-reactive ketones (excluding diaryl/α,β-unsaturated/α-hetero) is 2. The molecule has 1 saturated heterocycles. The molecule has 176 valence electrons. The molecule has 33 heavy (non-hydrogen) atoms. The molecule has 1 aromatic heterocycles. The third-order valence-corrected chi connectivity index (χ3v) is 6.80. The maximum Gasteiger partial charge on any atom is 0.166 e. The van der Waals surface area contributed by atoms with Gasteiger partial charge in [-0.25, -0.2) is 0 Å². The van der Waals surface area contributed by atoms with E-state index >= 15 is 0 Å². The number of H-pyrrole nitrogens is 1. The molecule has 1 aliphatic carbocycles. The van der Waals surface area contributed by atoms with Gasteiger partial charge in [-0.3, -0.25) is 14.7 Å². The van der Waals surface area contributed by atoms with Crippen LogP contribution in [0.2, 0.25) is 0 Å². The van der Waals surface area contributed by atoms with Gasteiger partial charge in [0, 0.05) is 55.2 Å². The number of allylic oxidation sites excluding steroid dienone is 3. The Labute approximate surface area is 194 Å². The van der Waals surface area contributed by atoms with Crippen LogP contribution in [0.3, 0.4) is 0 Å². The average Bonchev–Trinajstić information content (AvgIpc) is 3.28. The molecule has 0 spiro atoms. The molecule has 0 radical (unpaired) electrons. The fraction of sp³-hybridized carbons (Fsp3) is 0.500. The van der Waals surface area contributed by atoms with E-state index < -0.39 is 0 Å². The van der Waals surface area contributed by atoms with Crippen LogP contribution in [0, 0.1) is 6.92 Å². The molecule has 0 atom stereocenters. The standard InChI is InChI=1S/C26H33N3O4/c1-5-29(18-8-10-33-11-9-18)26-17(3)20(14-22-21(26)15-27-28-22)23(30)7-6-19-24(31)12-16(2)13-25(19)32-4/h13-15,18H,5-12H2,1-4H3,(H,27,28). The summed E-state index contributed by atoms with van der Waals surface area (Å²) in [6.07, 6.45) is 6.69. The minimum atomic E-state index is 0.0234.